The number of hydrogen-bond acceptors (Lipinski definition) is 4. The average molecular weight is 255 g/mol. The summed E-state index contributed by atoms with van der Waals surface area (Å²) in [4.78, 5) is 9.70. The normalized spacial score (nSPS) is 12.9. The van der Waals surface area contributed by atoms with Gasteiger partial charge in [0.05, 0.1) is 6.10 Å². The summed E-state index contributed by atoms with van der Waals surface area (Å²) in [7, 11) is 3.12. The van der Waals surface area contributed by atoms with E-state index in [4.69, 9.17) is 4.74 Å². The van der Waals surface area contributed by atoms with Crippen molar-refractivity contribution >= 4 is 5.91 Å². The first-order valence-corrected chi connectivity index (χ1v) is 5.61. The van der Waals surface area contributed by atoms with Gasteiger partial charge in [0.1, 0.15) is 11.9 Å². The Morgan fingerprint density at radius 1 is 1.39 bits per heavy atom. The number of phenols is 1. The third-order valence-corrected chi connectivity index (χ3v) is 2.42. The van der Waals surface area contributed by atoms with Crippen molar-refractivity contribution in [3.05, 3.63) is 29.8 Å². The molecule has 0 saturated carbocycles. The van der Waals surface area contributed by atoms with Gasteiger partial charge in [-0.15, -0.1) is 0 Å². The van der Waals surface area contributed by atoms with Crippen LogP contribution in [0.5, 0.6) is 5.75 Å². The Balaban J connectivity index is 0.000000494. The third-order valence-electron chi connectivity index (χ3n) is 2.42. The Hall–Kier alpha value is -1.59. The average Bonchev–Trinajstić information content (AvgIpc) is 2.38. The summed E-state index contributed by atoms with van der Waals surface area (Å²) in [6.07, 6.45) is -1.11. The standard InChI is InChI=1S/C10H14O3.C3H7NO/c1-7(13-2)10(12)8-5-3-4-6-9(8)11;1-3(5)4-2/h3-7,10-12H,1-2H3;1-2H3,(H,4,5). The van der Waals surface area contributed by atoms with Gasteiger partial charge in [-0.25, -0.2) is 0 Å². The molecule has 3 N–H and O–H groups in total. The van der Waals surface area contributed by atoms with E-state index >= 15 is 0 Å². The van der Waals surface area contributed by atoms with Crippen molar-refractivity contribution in [1.29, 1.82) is 0 Å². The lowest BCUT2D eigenvalue weighted by atomic mass is 10.0. The quantitative estimate of drug-likeness (QED) is 0.758. The van der Waals surface area contributed by atoms with E-state index in [1.54, 1.807) is 38.2 Å². The molecule has 5 heteroatoms. The fourth-order valence-corrected chi connectivity index (χ4v) is 1.12. The van der Waals surface area contributed by atoms with Crippen molar-refractivity contribution < 1.29 is 19.7 Å². The van der Waals surface area contributed by atoms with Gasteiger partial charge in [-0.3, -0.25) is 4.79 Å². The molecule has 5 nitrogen and oxygen atoms in total. The smallest absolute Gasteiger partial charge is 0.216 e. The van der Waals surface area contributed by atoms with Gasteiger partial charge < -0.3 is 20.3 Å². The molecule has 1 amide bonds. The Bertz CT molecular complexity index is 368. The van der Waals surface area contributed by atoms with E-state index in [-0.39, 0.29) is 17.8 Å². The lowest BCUT2D eigenvalue weighted by Crippen LogP contribution is -2.16. The Morgan fingerprint density at radius 2 is 1.89 bits per heavy atom. The molecule has 0 aromatic heterocycles. The van der Waals surface area contributed by atoms with Crippen molar-refractivity contribution in [1.82, 2.24) is 5.32 Å². The summed E-state index contributed by atoms with van der Waals surface area (Å²) in [5.41, 5.74) is 0.497. The molecule has 2 atom stereocenters. The molecule has 1 rings (SSSR count). The molecular weight excluding hydrogens is 234 g/mol. The molecule has 0 fully saturated rings. The molecule has 0 spiro atoms. The van der Waals surface area contributed by atoms with Crippen LogP contribution in [0.15, 0.2) is 24.3 Å². The molecule has 18 heavy (non-hydrogen) atoms. The van der Waals surface area contributed by atoms with Crippen LogP contribution in [0.1, 0.15) is 25.5 Å². The summed E-state index contributed by atoms with van der Waals surface area (Å²) in [5.74, 6) is 0.101. The fraction of sp³-hybridized carbons (Fsp3) is 0.462. The predicted octanol–water partition coefficient (Wildman–Crippen LogP) is 1.21. The topological polar surface area (TPSA) is 78.8 Å². The van der Waals surface area contributed by atoms with Crippen LogP contribution in [0.3, 0.4) is 0 Å². The van der Waals surface area contributed by atoms with Crippen molar-refractivity contribution in [2.75, 3.05) is 14.2 Å². The largest absolute Gasteiger partial charge is 0.508 e. The summed E-state index contributed by atoms with van der Waals surface area (Å²) in [6.45, 7) is 3.22. The Labute approximate surface area is 107 Å². The van der Waals surface area contributed by atoms with Crippen LogP contribution in [0, 0.1) is 0 Å². The van der Waals surface area contributed by atoms with Crippen molar-refractivity contribution in [3.63, 3.8) is 0 Å². The summed E-state index contributed by atoms with van der Waals surface area (Å²) < 4.78 is 4.96. The number of ether oxygens (including phenoxy) is 1. The zero-order valence-corrected chi connectivity index (χ0v) is 11.2. The first kappa shape index (κ1) is 16.4. The maximum atomic E-state index is 9.70. The molecule has 0 saturated heterocycles. The van der Waals surface area contributed by atoms with Crippen LogP contribution >= 0.6 is 0 Å². The number of carbonyl (C=O) groups is 1. The van der Waals surface area contributed by atoms with Crippen molar-refractivity contribution in [2.45, 2.75) is 26.1 Å². The van der Waals surface area contributed by atoms with E-state index in [0.29, 0.717) is 5.56 Å². The number of phenolic OH excluding ortho intramolecular Hbond substituents is 1. The minimum atomic E-state index is -0.786. The van der Waals surface area contributed by atoms with E-state index < -0.39 is 6.10 Å². The van der Waals surface area contributed by atoms with Gasteiger partial charge >= 0.3 is 0 Å². The number of methoxy groups -OCH3 is 1. The number of aromatic hydroxyl groups is 1. The van der Waals surface area contributed by atoms with E-state index in [1.807, 2.05) is 0 Å². The maximum absolute atomic E-state index is 9.70. The van der Waals surface area contributed by atoms with E-state index in [9.17, 15) is 15.0 Å². The fourth-order valence-electron chi connectivity index (χ4n) is 1.12. The summed E-state index contributed by atoms with van der Waals surface area (Å²) >= 11 is 0. The van der Waals surface area contributed by atoms with Gasteiger partial charge in [-0.05, 0) is 13.0 Å². The highest BCUT2D eigenvalue weighted by Gasteiger charge is 2.18. The molecule has 0 aliphatic rings. The lowest BCUT2D eigenvalue weighted by molar-refractivity contribution is -0.118. The van der Waals surface area contributed by atoms with E-state index in [0.717, 1.165) is 0 Å². The van der Waals surface area contributed by atoms with Crippen LogP contribution in [-0.4, -0.2) is 36.4 Å². The second kappa shape index (κ2) is 8.49. The molecule has 1 aromatic rings. The Kier molecular flexibility index (Phi) is 7.74. The van der Waals surface area contributed by atoms with Crippen molar-refractivity contribution in [2.24, 2.45) is 0 Å². The minimum absolute atomic E-state index is 0.00463. The number of rotatable bonds is 3. The molecule has 0 aliphatic heterocycles. The van der Waals surface area contributed by atoms with Crippen LogP contribution < -0.4 is 5.32 Å². The first-order valence-electron chi connectivity index (χ1n) is 5.61. The summed E-state index contributed by atoms with van der Waals surface area (Å²) in [5, 5.41) is 21.5. The molecule has 0 heterocycles. The lowest BCUT2D eigenvalue weighted by Gasteiger charge is -2.18. The highest BCUT2D eigenvalue weighted by atomic mass is 16.5. The summed E-state index contributed by atoms with van der Waals surface area (Å²) in [6, 6.07) is 6.69. The van der Waals surface area contributed by atoms with Crippen LogP contribution in [0.2, 0.25) is 0 Å². The molecule has 0 bridgehead atoms. The van der Waals surface area contributed by atoms with E-state index in [1.165, 1.54) is 14.0 Å². The zero-order valence-electron chi connectivity index (χ0n) is 11.2. The highest BCUT2D eigenvalue weighted by Crippen LogP contribution is 2.26. The van der Waals surface area contributed by atoms with Gasteiger partial charge in [-0.1, -0.05) is 18.2 Å². The van der Waals surface area contributed by atoms with E-state index in [2.05, 4.69) is 5.32 Å². The molecule has 1 aromatic carbocycles. The number of amides is 1. The first-order chi connectivity index (χ1) is 8.43. The number of nitrogens with one attached hydrogen (secondary N) is 1. The molecule has 0 radical (unpaired) electrons. The van der Waals surface area contributed by atoms with Gasteiger partial charge in [0.15, 0.2) is 0 Å². The van der Waals surface area contributed by atoms with Crippen LogP contribution in [0.25, 0.3) is 0 Å². The van der Waals surface area contributed by atoms with Crippen molar-refractivity contribution in [3.8, 4) is 5.75 Å². The van der Waals surface area contributed by atoms with Gasteiger partial charge in [0.2, 0.25) is 5.91 Å². The monoisotopic (exact) mass is 255 g/mol. The number of para-hydroxylation sites is 1. The predicted molar refractivity (Wildman–Crippen MR) is 69.3 cm³/mol. The van der Waals surface area contributed by atoms with Gasteiger partial charge in [0, 0.05) is 26.6 Å². The maximum Gasteiger partial charge on any atom is 0.216 e. The van der Waals surface area contributed by atoms with Gasteiger partial charge in [0.25, 0.3) is 0 Å². The number of aliphatic hydroxyl groups excluding tert-OH is 1. The number of carbonyl (C=O) groups excluding carboxylic acids is 1. The number of aliphatic hydroxyl groups is 1. The minimum Gasteiger partial charge on any atom is -0.508 e. The Morgan fingerprint density at radius 3 is 2.28 bits per heavy atom. The van der Waals surface area contributed by atoms with Gasteiger partial charge in [-0.2, -0.15) is 0 Å². The second-order valence-corrected chi connectivity index (χ2v) is 3.75. The molecule has 102 valence electrons. The van der Waals surface area contributed by atoms with Crippen LogP contribution in [0.4, 0.5) is 0 Å². The molecule has 0 aliphatic carbocycles. The zero-order chi connectivity index (χ0) is 14.1. The molecule has 2 unspecified atom stereocenters. The second-order valence-electron chi connectivity index (χ2n) is 3.75. The van der Waals surface area contributed by atoms with Crippen LogP contribution in [-0.2, 0) is 9.53 Å². The number of hydrogen-bond donors (Lipinski definition) is 3. The third kappa shape index (κ3) is 5.65. The highest BCUT2D eigenvalue weighted by molar-refractivity contribution is 5.72. The number of benzene rings is 1. The molecular formula is C13H21NO4. The SMILES string of the molecule is CNC(C)=O.COC(C)C(O)c1ccccc1O.